The van der Waals surface area contributed by atoms with Crippen molar-refractivity contribution in [3.63, 3.8) is 0 Å². The molecule has 5 heteroatoms. The number of hydrogen-bond acceptors (Lipinski definition) is 3. The average molecular weight is 248 g/mol. The summed E-state index contributed by atoms with van der Waals surface area (Å²) in [6.07, 6.45) is 0.965. The van der Waals surface area contributed by atoms with Gasteiger partial charge in [-0.05, 0) is 24.2 Å². The van der Waals surface area contributed by atoms with Crippen LogP contribution in [0.25, 0.3) is 0 Å². The predicted octanol–water partition coefficient (Wildman–Crippen LogP) is 1.56. The van der Waals surface area contributed by atoms with Crippen LogP contribution in [0.2, 0.25) is 0 Å². The van der Waals surface area contributed by atoms with E-state index in [0.29, 0.717) is 12.8 Å². The second-order valence-electron chi connectivity index (χ2n) is 5.67. The van der Waals surface area contributed by atoms with Gasteiger partial charge in [-0.2, -0.15) is 0 Å². The number of rotatable bonds is 2. The summed E-state index contributed by atoms with van der Waals surface area (Å²) in [6.45, 7) is 5.69. The molecule has 0 saturated carbocycles. The first-order valence-corrected chi connectivity index (χ1v) is 7.39. The van der Waals surface area contributed by atoms with E-state index in [1.54, 1.807) is 0 Å². The minimum atomic E-state index is -2.91. The molecule has 0 aliphatic carbocycles. The molecule has 1 heterocycles. The zero-order valence-electron chi connectivity index (χ0n) is 10.1. The highest BCUT2D eigenvalue weighted by Gasteiger charge is 2.40. The van der Waals surface area contributed by atoms with Gasteiger partial charge in [-0.3, -0.25) is 4.79 Å². The molecule has 1 atom stereocenters. The van der Waals surface area contributed by atoms with Crippen LogP contribution in [-0.4, -0.2) is 31.0 Å². The zero-order valence-corrected chi connectivity index (χ0v) is 10.9. The van der Waals surface area contributed by atoms with Gasteiger partial charge < -0.3 is 5.11 Å². The molecule has 0 aromatic carbocycles. The fourth-order valence-corrected chi connectivity index (χ4v) is 4.05. The summed E-state index contributed by atoms with van der Waals surface area (Å²) in [7, 11) is -2.91. The van der Waals surface area contributed by atoms with Crippen LogP contribution in [0.3, 0.4) is 0 Å². The van der Waals surface area contributed by atoms with Gasteiger partial charge in [0, 0.05) is 0 Å². The van der Waals surface area contributed by atoms with E-state index in [-0.39, 0.29) is 22.8 Å². The van der Waals surface area contributed by atoms with E-state index in [2.05, 4.69) is 0 Å². The van der Waals surface area contributed by atoms with Crippen molar-refractivity contribution in [1.82, 2.24) is 0 Å². The monoisotopic (exact) mass is 248 g/mol. The molecule has 0 radical (unpaired) electrons. The Morgan fingerprint density at radius 1 is 1.25 bits per heavy atom. The molecule has 16 heavy (non-hydrogen) atoms. The second kappa shape index (κ2) is 4.35. The van der Waals surface area contributed by atoms with Gasteiger partial charge in [0.25, 0.3) is 0 Å². The highest BCUT2D eigenvalue weighted by molar-refractivity contribution is 7.91. The molecule has 1 unspecified atom stereocenters. The van der Waals surface area contributed by atoms with Crippen LogP contribution in [0, 0.1) is 17.3 Å². The van der Waals surface area contributed by atoms with Gasteiger partial charge in [0.05, 0.1) is 17.4 Å². The maximum absolute atomic E-state index is 11.3. The van der Waals surface area contributed by atoms with Crippen LogP contribution in [0.1, 0.15) is 33.6 Å². The quantitative estimate of drug-likeness (QED) is 0.805. The van der Waals surface area contributed by atoms with Crippen molar-refractivity contribution in [2.45, 2.75) is 33.6 Å². The summed E-state index contributed by atoms with van der Waals surface area (Å²) in [5, 5.41) is 9.24. The number of hydrogen-bond donors (Lipinski definition) is 1. The zero-order chi connectivity index (χ0) is 12.6. The van der Waals surface area contributed by atoms with E-state index in [0.717, 1.165) is 0 Å². The third-order valence-corrected chi connectivity index (χ3v) is 4.99. The molecule has 1 rings (SSSR count). The molecule has 0 aromatic heterocycles. The predicted molar refractivity (Wildman–Crippen MR) is 62.0 cm³/mol. The van der Waals surface area contributed by atoms with Crippen molar-refractivity contribution in [2.75, 3.05) is 11.5 Å². The van der Waals surface area contributed by atoms with E-state index in [4.69, 9.17) is 0 Å². The molecular formula is C11H20O4S. The first-order chi connectivity index (χ1) is 7.13. The first kappa shape index (κ1) is 13.5. The topological polar surface area (TPSA) is 71.4 Å². The Kier molecular flexibility index (Phi) is 3.67. The molecule has 1 aliphatic heterocycles. The Bertz CT molecular complexity index is 350. The molecule has 1 fully saturated rings. The van der Waals surface area contributed by atoms with Gasteiger partial charge in [0.15, 0.2) is 0 Å². The minimum absolute atomic E-state index is 0.0129. The molecule has 94 valence electrons. The molecule has 1 aliphatic rings. The van der Waals surface area contributed by atoms with Crippen LogP contribution in [0.4, 0.5) is 0 Å². The lowest BCUT2D eigenvalue weighted by Crippen LogP contribution is -2.39. The summed E-state index contributed by atoms with van der Waals surface area (Å²) in [4.78, 5) is 11.3. The largest absolute Gasteiger partial charge is 0.481 e. The molecular weight excluding hydrogens is 228 g/mol. The Labute approximate surface area is 97.0 Å². The fraction of sp³-hybridized carbons (Fsp3) is 0.909. The maximum Gasteiger partial charge on any atom is 0.307 e. The SMILES string of the molecule is CC(C)(C)C(C(=O)O)C1CCS(=O)(=O)CC1. The van der Waals surface area contributed by atoms with E-state index in [9.17, 15) is 18.3 Å². The Hall–Kier alpha value is -0.580. The lowest BCUT2D eigenvalue weighted by molar-refractivity contribution is -0.148. The Balaban J connectivity index is 2.80. The van der Waals surface area contributed by atoms with Gasteiger partial charge >= 0.3 is 5.97 Å². The summed E-state index contributed by atoms with van der Waals surface area (Å²) in [5.74, 6) is -1.00. The van der Waals surface area contributed by atoms with Gasteiger partial charge in [-0.1, -0.05) is 20.8 Å². The third-order valence-electron chi connectivity index (χ3n) is 3.27. The molecule has 0 bridgehead atoms. The van der Waals surface area contributed by atoms with Gasteiger partial charge in [0.1, 0.15) is 9.84 Å². The lowest BCUT2D eigenvalue weighted by atomic mass is 9.71. The summed E-state index contributed by atoms with van der Waals surface area (Å²) >= 11 is 0. The Morgan fingerprint density at radius 3 is 2.00 bits per heavy atom. The fourth-order valence-electron chi connectivity index (χ4n) is 2.52. The summed E-state index contributed by atoms with van der Waals surface area (Å²) in [6, 6.07) is 0. The third kappa shape index (κ3) is 3.20. The molecule has 1 N–H and O–H groups in total. The average Bonchev–Trinajstić information content (AvgIpc) is 2.05. The number of sulfone groups is 1. The van der Waals surface area contributed by atoms with Crippen LogP contribution in [0.15, 0.2) is 0 Å². The normalized spacial score (nSPS) is 23.9. The molecule has 1 saturated heterocycles. The van der Waals surface area contributed by atoms with Crippen molar-refractivity contribution in [3.8, 4) is 0 Å². The van der Waals surface area contributed by atoms with Crippen molar-refractivity contribution in [1.29, 1.82) is 0 Å². The minimum Gasteiger partial charge on any atom is -0.481 e. The van der Waals surface area contributed by atoms with Crippen molar-refractivity contribution in [3.05, 3.63) is 0 Å². The molecule has 0 aromatic rings. The number of aliphatic carboxylic acids is 1. The van der Waals surface area contributed by atoms with E-state index in [1.165, 1.54) is 0 Å². The highest BCUT2D eigenvalue weighted by atomic mass is 32.2. The van der Waals surface area contributed by atoms with Crippen LogP contribution in [-0.2, 0) is 14.6 Å². The lowest BCUT2D eigenvalue weighted by Gasteiger charge is -2.35. The standard InChI is InChI=1S/C11H20O4S/c1-11(2,3)9(10(12)13)8-4-6-16(14,15)7-5-8/h8-9H,4-7H2,1-3H3,(H,12,13). The summed E-state index contributed by atoms with van der Waals surface area (Å²) in [5.41, 5.74) is -0.322. The Morgan fingerprint density at radius 2 is 1.69 bits per heavy atom. The van der Waals surface area contributed by atoms with Gasteiger partial charge in [-0.25, -0.2) is 8.42 Å². The first-order valence-electron chi connectivity index (χ1n) is 5.57. The second-order valence-corrected chi connectivity index (χ2v) is 7.97. The van der Waals surface area contributed by atoms with Crippen LogP contribution < -0.4 is 0 Å². The van der Waals surface area contributed by atoms with Gasteiger partial charge in [0.2, 0.25) is 0 Å². The molecule has 0 amide bonds. The van der Waals surface area contributed by atoms with Crippen LogP contribution >= 0.6 is 0 Å². The number of carboxylic acids is 1. The smallest absolute Gasteiger partial charge is 0.307 e. The van der Waals surface area contributed by atoms with E-state index < -0.39 is 21.7 Å². The van der Waals surface area contributed by atoms with Crippen LogP contribution in [0.5, 0.6) is 0 Å². The maximum atomic E-state index is 11.3. The van der Waals surface area contributed by atoms with Crippen molar-refractivity contribution >= 4 is 15.8 Å². The van der Waals surface area contributed by atoms with E-state index in [1.807, 2.05) is 20.8 Å². The molecule has 4 nitrogen and oxygen atoms in total. The summed E-state index contributed by atoms with van der Waals surface area (Å²) < 4.78 is 22.6. The number of carbonyl (C=O) groups is 1. The van der Waals surface area contributed by atoms with Crippen molar-refractivity contribution < 1.29 is 18.3 Å². The van der Waals surface area contributed by atoms with E-state index >= 15 is 0 Å². The van der Waals surface area contributed by atoms with Gasteiger partial charge in [-0.15, -0.1) is 0 Å². The highest BCUT2D eigenvalue weighted by Crippen LogP contribution is 2.38. The molecule has 0 spiro atoms. The van der Waals surface area contributed by atoms with Crippen molar-refractivity contribution in [2.24, 2.45) is 17.3 Å². The number of carboxylic acid groups (broad SMARTS) is 1.